The molecule has 5 nitrogen and oxygen atoms in total. The second-order valence-electron chi connectivity index (χ2n) is 5.10. The molecular weight excluding hydrogens is 270 g/mol. The first-order valence-corrected chi connectivity index (χ1v) is 7.04. The fourth-order valence-corrected chi connectivity index (χ4v) is 2.33. The van der Waals surface area contributed by atoms with Crippen molar-refractivity contribution in [3.8, 4) is 0 Å². The van der Waals surface area contributed by atoms with E-state index in [1.807, 2.05) is 0 Å². The predicted molar refractivity (Wildman–Crippen MR) is 78.9 cm³/mol. The fourth-order valence-electron chi connectivity index (χ4n) is 2.33. The Balaban J connectivity index is 2.08. The van der Waals surface area contributed by atoms with Crippen molar-refractivity contribution in [2.45, 2.75) is 25.3 Å². The zero-order chi connectivity index (χ0) is 15.2. The fraction of sp³-hybridized carbons (Fsp3) is 0.375. The lowest BCUT2D eigenvalue weighted by atomic mass is 9.91. The highest BCUT2D eigenvalue weighted by molar-refractivity contribution is 5.95. The van der Waals surface area contributed by atoms with Crippen LogP contribution >= 0.6 is 0 Å². The molecule has 1 fully saturated rings. The molecule has 0 radical (unpaired) electrons. The van der Waals surface area contributed by atoms with Gasteiger partial charge >= 0.3 is 5.97 Å². The maximum absolute atomic E-state index is 12.4. The summed E-state index contributed by atoms with van der Waals surface area (Å²) >= 11 is 0. The molecule has 5 heteroatoms. The van der Waals surface area contributed by atoms with E-state index in [-0.39, 0.29) is 18.6 Å². The molecule has 1 amide bonds. The number of rotatable bonds is 6. The zero-order valence-electron chi connectivity index (χ0n) is 11.7. The number of nitrogens with zero attached hydrogens (tertiary/aromatic N) is 1. The molecule has 1 aromatic rings. The molecule has 2 rings (SSSR count). The number of hydrogen-bond acceptors (Lipinski definition) is 3. The molecule has 1 aliphatic carbocycles. The van der Waals surface area contributed by atoms with Gasteiger partial charge in [0.1, 0.15) is 0 Å². The molecule has 21 heavy (non-hydrogen) atoms. The molecule has 0 atom stereocenters. The van der Waals surface area contributed by atoms with E-state index < -0.39 is 5.97 Å². The zero-order valence-corrected chi connectivity index (χ0v) is 11.7. The number of hydrogen-bond donors (Lipinski definition) is 2. The average molecular weight is 289 g/mol. The normalized spacial score (nSPS) is 14.9. The summed E-state index contributed by atoms with van der Waals surface area (Å²) in [5.74, 6) is -1.09. The van der Waals surface area contributed by atoms with Crippen molar-refractivity contribution in [2.75, 3.05) is 13.2 Å². The van der Waals surface area contributed by atoms with Crippen LogP contribution in [0.15, 0.2) is 30.3 Å². The lowest BCUT2D eigenvalue weighted by molar-refractivity contribution is -0.131. The van der Waals surface area contributed by atoms with Gasteiger partial charge in [-0.1, -0.05) is 12.1 Å². The Morgan fingerprint density at radius 3 is 2.38 bits per heavy atom. The number of carboxylic acid groups (broad SMARTS) is 1. The van der Waals surface area contributed by atoms with Gasteiger partial charge in [-0.3, -0.25) is 4.79 Å². The molecule has 2 N–H and O–H groups in total. The molecule has 0 spiro atoms. The van der Waals surface area contributed by atoms with Crippen LogP contribution in [0.1, 0.15) is 35.2 Å². The second kappa shape index (κ2) is 7.04. The van der Waals surface area contributed by atoms with Crippen molar-refractivity contribution in [3.63, 3.8) is 0 Å². The smallest absolute Gasteiger partial charge is 0.328 e. The van der Waals surface area contributed by atoms with E-state index >= 15 is 0 Å². The highest BCUT2D eigenvalue weighted by Gasteiger charge is 2.28. The van der Waals surface area contributed by atoms with Crippen LogP contribution in [0.25, 0.3) is 6.08 Å². The first-order chi connectivity index (χ1) is 10.1. The molecule has 0 unspecified atom stereocenters. The molecule has 0 bridgehead atoms. The van der Waals surface area contributed by atoms with E-state index in [0.717, 1.165) is 30.9 Å². The molecule has 1 aromatic carbocycles. The number of carboxylic acids is 1. The van der Waals surface area contributed by atoms with E-state index in [4.69, 9.17) is 10.2 Å². The van der Waals surface area contributed by atoms with Crippen LogP contribution in [-0.4, -0.2) is 46.2 Å². The van der Waals surface area contributed by atoms with E-state index in [1.54, 1.807) is 29.2 Å². The first-order valence-electron chi connectivity index (χ1n) is 7.04. The van der Waals surface area contributed by atoms with E-state index in [2.05, 4.69) is 0 Å². The Morgan fingerprint density at radius 2 is 1.90 bits per heavy atom. The van der Waals surface area contributed by atoms with Crippen LogP contribution in [0, 0.1) is 0 Å². The number of aliphatic hydroxyl groups excluding tert-OH is 1. The lowest BCUT2D eigenvalue weighted by Gasteiger charge is -2.37. The summed E-state index contributed by atoms with van der Waals surface area (Å²) in [6, 6.07) is 7.03. The van der Waals surface area contributed by atoms with Gasteiger partial charge in [0.15, 0.2) is 0 Å². The summed E-state index contributed by atoms with van der Waals surface area (Å²) in [7, 11) is 0. The van der Waals surface area contributed by atoms with Crippen molar-refractivity contribution >= 4 is 18.0 Å². The van der Waals surface area contributed by atoms with Gasteiger partial charge in [0.2, 0.25) is 0 Å². The third-order valence-electron chi connectivity index (χ3n) is 3.69. The van der Waals surface area contributed by atoms with Crippen LogP contribution in [0.5, 0.6) is 0 Å². The molecule has 0 aromatic heterocycles. The van der Waals surface area contributed by atoms with E-state index in [1.165, 1.54) is 6.08 Å². The molecular formula is C16H19NO4. The molecule has 0 saturated heterocycles. The number of aliphatic hydroxyl groups is 1. The first kappa shape index (κ1) is 15.3. The third-order valence-corrected chi connectivity index (χ3v) is 3.69. The Kier molecular flexibility index (Phi) is 5.11. The van der Waals surface area contributed by atoms with Crippen molar-refractivity contribution in [2.24, 2.45) is 0 Å². The summed E-state index contributed by atoms with van der Waals surface area (Å²) in [6.07, 6.45) is 5.65. The van der Waals surface area contributed by atoms with Gasteiger partial charge in [0.25, 0.3) is 5.91 Å². The molecule has 0 heterocycles. The maximum Gasteiger partial charge on any atom is 0.328 e. The summed E-state index contributed by atoms with van der Waals surface area (Å²) < 4.78 is 0. The SMILES string of the molecule is O=C(O)/C=C/c1ccc(C(=O)N(CCO)C2CCC2)cc1. The van der Waals surface area contributed by atoms with Gasteiger partial charge in [-0.2, -0.15) is 0 Å². The predicted octanol–water partition coefficient (Wildman–Crippen LogP) is 1.77. The Bertz CT molecular complexity index is 532. The van der Waals surface area contributed by atoms with Crippen molar-refractivity contribution in [3.05, 3.63) is 41.5 Å². The highest BCUT2D eigenvalue weighted by Crippen LogP contribution is 2.26. The lowest BCUT2D eigenvalue weighted by Crippen LogP contribution is -2.45. The topological polar surface area (TPSA) is 77.8 Å². The average Bonchev–Trinajstić information content (AvgIpc) is 2.42. The largest absolute Gasteiger partial charge is 0.478 e. The van der Waals surface area contributed by atoms with Crippen LogP contribution in [0.3, 0.4) is 0 Å². The van der Waals surface area contributed by atoms with Gasteiger partial charge in [-0.15, -0.1) is 0 Å². The van der Waals surface area contributed by atoms with Crippen molar-refractivity contribution < 1.29 is 19.8 Å². The van der Waals surface area contributed by atoms with Gasteiger partial charge in [-0.05, 0) is 43.0 Å². The van der Waals surface area contributed by atoms with Gasteiger partial charge in [-0.25, -0.2) is 4.79 Å². The summed E-state index contributed by atoms with van der Waals surface area (Å²) in [5.41, 5.74) is 1.29. The summed E-state index contributed by atoms with van der Waals surface area (Å²) in [4.78, 5) is 24.6. The van der Waals surface area contributed by atoms with Gasteiger partial charge in [0.05, 0.1) is 6.61 Å². The Morgan fingerprint density at radius 1 is 1.24 bits per heavy atom. The van der Waals surface area contributed by atoms with Crippen LogP contribution in [0.2, 0.25) is 0 Å². The summed E-state index contributed by atoms with van der Waals surface area (Å²) in [5, 5.41) is 17.7. The van der Waals surface area contributed by atoms with Crippen molar-refractivity contribution in [1.29, 1.82) is 0 Å². The maximum atomic E-state index is 12.4. The third kappa shape index (κ3) is 3.92. The van der Waals surface area contributed by atoms with E-state index in [9.17, 15) is 9.59 Å². The molecule has 1 saturated carbocycles. The minimum absolute atomic E-state index is 0.0400. The Labute approximate surface area is 123 Å². The van der Waals surface area contributed by atoms with Crippen LogP contribution in [-0.2, 0) is 4.79 Å². The number of aliphatic carboxylic acids is 1. The standard InChI is InChI=1S/C16H19NO4/c18-11-10-17(14-2-1-3-14)16(21)13-7-4-12(5-8-13)6-9-15(19)20/h4-9,14,18H,1-3,10-11H2,(H,19,20)/b9-6+. The second-order valence-corrected chi connectivity index (χ2v) is 5.10. The minimum atomic E-state index is -1.01. The number of carbonyl (C=O) groups excluding carboxylic acids is 1. The molecule has 112 valence electrons. The molecule has 0 aliphatic heterocycles. The van der Waals surface area contributed by atoms with Crippen LogP contribution < -0.4 is 0 Å². The Hall–Kier alpha value is -2.14. The molecule has 1 aliphatic rings. The van der Waals surface area contributed by atoms with E-state index in [0.29, 0.717) is 12.1 Å². The quantitative estimate of drug-likeness (QED) is 0.782. The number of benzene rings is 1. The van der Waals surface area contributed by atoms with Gasteiger partial charge in [0, 0.05) is 24.2 Å². The highest BCUT2D eigenvalue weighted by atomic mass is 16.4. The number of amides is 1. The monoisotopic (exact) mass is 289 g/mol. The minimum Gasteiger partial charge on any atom is -0.478 e. The van der Waals surface area contributed by atoms with Crippen LogP contribution in [0.4, 0.5) is 0 Å². The van der Waals surface area contributed by atoms with Crippen molar-refractivity contribution in [1.82, 2.24) is 4.90 Å². The summed E-state index contributed by atoms with van der Waals surface area (Å²) in [6.45, 7) is 0.311. The van der Waals surface area contributed by atoms with Gasteiger partial charge < -0.3 is 15.1 Å². The number of carbonyl (C=O) groups is 2.